The molecule has 0 aromatic heterocycles. The largest absolute Gasteiger partial charge is 0.491 e. The van der Waals surface area contributed by atoms with E-state index in [2.05, 4.69) is 5.32 Å². The van der Waals surface area contributed by atoms with Gasteiger partial charge in [-0.1, -0.05) is 11.6 Å². The summed E-state index contributed by atoms with van der Waals surface area (Å²) in [7, 11) is 0. The molecule has 1 aromatic carbocycles. The number of hydrogen-bond acceptors (Lipinski definition) is 5. The molecule has 0 aliphatic carbocycles. The van der Waals surface area contributed by atoms with Crippen LogP contribution in [-0.2, 0) is 20.9 Å². The van der Waals surface area contributed by atoms with Crippen molar-refractivity contribution < 1.29 is 29.0 Å². The number of nitrogens with one attached hydrogen (secondary N) is 1. The molecule has 0 fully saturated rings. The van der Waals surface area contributed by atoms with Crippen LogP contribution in [-0.4, -0.2) is 52.3 Å². The Morgan fingerprint density at radius 1 is 1.28 bits per heavy atom. The standard InChI is InChI=1S/C20H27ClN2O6/c1-19(2,3)29-18(27)22-20(4,17(25)26)8-7-16(24)23-9-10-28-15-6-5-14(21)11-13(15)12-23/h5-6,11H,7-10,12H2,1-4H3,(H,22,27)(H,25,26)/t20-/m0/s1. The van der Waals surface area contributed by atoms with E-state index in [1.165, 1.54) is 6.92 Å². The highest BCUT2D eigenvalue weighted by atomic mass is 35.5. The lowest BCUT2D eigenvalue weighted by Crippen LogP contribution is -2.54. The number of alkyl carbamates (subject to hydrolysis) is 1. The van der Waals surface area contributed by atoms with Crippen LogP contribution in [0.4, 0.5) is 4.79 Å². The molecule has 0 saturated carbocycles. The van der Waals surface area contributed by atoms with E-state index in [1.807, 2.05) is 0 Å². The van der Waals surface area contributed by atoms with Crippen molar-refractivity contribution in [3.8, 4) is 5.75 Å². The van der Waals surface area contributed by atoms with E-state index in [0.717, 1.165) is 5.56 Å². The minimum absolute atomic E-state index is 0.0610. The predicted molar refractivity (Wildman–Crippen MR) is 107 cm³/mol. The number of amides is 2. The number of carboxylic acid groups (broad SMARTS) is 1. The molecule has 8 nitrogen and oxygen atoms in total. The lowest BCUT2D eigenvalue weighted by Gasteiger charge is -2.29. The number of carboxylic acids is 1. The third kappa shape index (κ3) is 6.52. The highest BCUT2D eigenvalue weighted by Crippen LogP contribution is 2.27. The van der Waals surface area contributed by atoms with Crippen molar-refractivity contribution in [2.45, 2.75) is 58.2 Å². The van der Waals surface area contributed by atoms with Crippen molar-refractivity contribution in [2.24, 2.45) is 0 Å². The highest BCUT2D eigenvalue weighted by molar-refractivity contribution is 6.30. The molecule has 1 aliphatic rings. The van der Waals surface area contributed by atoms with E-state index in [4.69, 9.17) is 21.1 Å². The Labute approximate surface area is 175 Å². The normalized spacial score (nSPS) is 16.0. The van der Waals surface area contributed by atoms with Crippen molar-refractivity contribution in [3.05, 3.63) is 28.8 Å². The van der Waals surface area contributed by atoms with Gasteiger partial charge in [-0.25, -0.2) is 9.59 Å². The van der Waals surface area contributed by atoms with Gasteiger partial charge in [0.05, 0.1) is 6.54 Å². The highest BCUT2D eigenvalue weighted by Gasteiger charge is 2.37. The van der Waals surface area contributed by atoms with Gasteiger partial charge in [0.15, 0.2) is 0 Å². The summed E-state index contributed by atoms with van der Waals surface area (Å²) in [6, 6.07) is 5.23. The molecule has 0 unspecified atom stereocenters. The fourth-order valence-corrected chi connectivity index (χ4v) is 3.04. The lowest BCUT2D eigenvalue weighted by atomic mass is 9.95. The van der Waals surface area contributed by atoms with Gasteiger partial charge < -0.3 is 24.8 Å². The van der Waals surface area contributed by atoms with Crippen molar-refractivity contribution in [1.29, 1.82) is 0 Å². The fourth-order valence-electron chi connectivity index (χ4n) is 2.84. The molecule has 0 bridgehead atoms. The molecule has 2 N–H and O–H groups in total. The zero-order chi connectivity index (χ0) is 21.8. The molecule has 0 spiro atoms. The fraction of sp³-hybridized carbons (Fsp3) is 0.550. The number of hydrogen-bond donors (Lipinski definition) is 2. The summed E-state index contributed by atoms with van der Waals surface area (Å²) in [5.74, 6) is -0.806. The number of aliphatic carboxylic acids is 1. The molecular weight excluding hydrogens is 400 g/mol. The first-order chi connectivity index (χ1) is 13.4. The van der Waals surface area contributed by atoms with Gasteiger partial charge in [-0.2, -0.15) is 0 Å². The summed E-state index contributed by atoms with van der Waals surface area (Å²) in [6.45, 7) is 7.41. The molecule has 1 atom stereocenters. The van der Waals surface area contributed by atoms with Gasteiger partial charge in [-0.05, 0) is 52.3 Å². The molecule has 2 rings (SSSR count). The van der Waals surface area contributed by atoms with Crippen LogP contribution in [0.3, 0.4) is 0 Å². The maximum atomic E-state index is 12.7. The van der Waals surface area contributed by atoms with Crippen LogP contribution in [0.2, 0.25) is 5.02 Å². The van der Waals surface area contributed by atoms with Crippen molar-refractivity contribution in [3.63, 3.8) is 0 Å². The second-order valence-corrected chi connectivity index (χ2v) is 8.62. The maximum Gasteiger partial charge on any atom is 0.408 e. The number of rotatable bonds is 5. The number of carbonyl (C=O) groups excluding carboxylic acids is 2. The average Bonchev–Trinajstić information content (AvgIpc) is 2.79. The molecule has 9 heteroatoms. The van der Waals surface area contributed by atoms with Gasteiger partial charge in [0.25, 0.3) is 0 Å². The Bertz CT molecular complexity index is 792. The molecule has 160 valence electrons. The van der Waals surface area contributed by atoms with E-state index < -0.39 is 23.2 Å². The van der Waals surface area contributed by atoms with Crippen molar-refractivity contribution in [2.75, 3.05) is 13.2 Å². The Hall–Kier alpha value is -2.48. The second kappa shape index (κ2) is 8.90. The van der Waals surface area contributed by atoms with Crippen LogP contribution in [0.1, 0.15) is 46.1 Å². The number of nitrogens with zero attached hydrogens (tertiary/aromatic N) is 1. The first-order valence-corrected chi connectivity index (χ1v) is 9.71. The Morgan fingerprint density at radius 2 is 1.97 bits per heavy atom. The number of halogens is 1. The van der Waals surface area contributed by atoms with Gasteiger partial charge >= 0.3 is 12.1 Å². The lowest BCUT2D eigenvalue weighted by molar-refractivity contribution is -0.145. The first kappa shape index (κ1) is 22.8. The summed E-state index contributed by atoms with van der Waals surface area (Å²) in [6.07, 6.45) is -0.990. The molecule has 0 saturated heterocycles. The van der Waals surface area contributed by atoms with Gasteiger partial charge in [0.2, 0.25) is 5.91 Å². The van der Waals surface area contributed by atoms with Crippen molar-refractivity contribution >= 4 is 29.6 Å². The molecule has 1 aromatic rings. The first-order valence-electron chi connectivity index (χ1n) is 9.33. The molecule has 2 amide bonds. The monoisotopic (exact) mass is 426 g/mol. The summed E-state index contributed by atoms with van der Waals surface area (Å²) < 4.78 is 10.8. The van der Waals surface area contributed by atoms with Crippen LogP contribution in [0.5, 0.6) is 5.75 Å². The Morgan fingerprint density at radius 3 is 2.59 bits per heavy atom. The van der Waals surface area contributed by atoms with Crippen LogP contribution >= 0.6 is 11.6 Å². The number of benzene rings is 1. The van der Waals surface area contributed by atoms with E-state index in [9.17, 15) is 19.5 Å². The zero-order valence-corrected chi connectivity index (χ0v) is 17.8. The topological polar surface area (TPSA) is 105 Å². The van der Waals surface area contributed by atoms with Gasteiger partial charge in [-0.3, -0.25) is 4.79 Å². The number of fused-ring (bicyclic) bond motifs is 1. The van der Waals surface area contributed by atoms with E-state index in [1.54, 1.807) is 43.9 Å². The zero-order valence-electron chi connectivity index (χ0n) is 17.1. The van der Waals surface area contributed by atoms with Crippen LogP contribution in [0.25, 0.3) is 0 Å². The SMILES string of the molecule is CC(C)(C)OC(=O)N[C@@](C)(CCC(=O)N1CCOc2ccc(Cl)cc2C1)C(=O)O. The second-order valence-electron chi connectivity index (χ2n) is 8.18. The molecule has 29 heavy (non-hydrogen) atoms. The van der Waals surface area contributed by atoms with E-state index in [-0.39, 0.29) is 18.7 Å². The van der Waals surface area contributed by atoms with E-state index in [0.29, 0.717) is 30.5 Å². The van der Waals surface area contributed by atoms with E-state index >= 15 is 0 Å². The van der Waals surface area contributed by atoms with Crippen LogP contribution < -0.4 is 10.1 Å². The Balaban J connectivity index is 2.02. The summed E-state index contributed by atoms with van der Waals surface area (Å²) >= 11 is 6.03. The molecule has 1 heterocycles. The summed E-state index contributed by atoms with van der Waals surface area (Å²) in [5.41, 5.74) is -1.61. The third-order valence-corrected chi connectivity index (χ3v) is 4.68. The van der Waals surface area contributed by atoms with Gasteiger partial charge in [0, 0.05) is 23.6 Å². The minimum Gasteiger partial charge on any atom is -0.491 e. The van der Waals surface area contributed by atoms with Gasteiger partial charge in [0.1, 0.15) is 23.5 Å². The van der Waals surface area contributed by atoms with Crippen molar-refractivity contribution in [1.82, 2.24) is 10.2 Å². The summed E-state index contributed by atoms with van der Waals surface area (Å²) in [5, 5.41) is 12.5. The Kier molecular flexibility index (Phi) is 7.00. The molecular formula is C20H27ClN2O6. The van der Waals surface area contributed by atoms with Crippen LogP contribution in [0, 0.1) is 0 Å². The average molecular weight is 427 g/mol. The van der Waals surface area contributed by atoms with Gasteiger partial charge in [-0.15, -0.1) is 0 Å². The number of ether oxygens (including phenoxy) is 2. The smallest absolute Gasteiger partial charge is 0.408 e. The minimum atomic E-state index is -1.64. The molecule has 1 aliphatic heterocycles. The maximum absolute atomic E-state index is 12.7. The third-order valence-electron chi connectivity index (χ3n) is 4.44. The number of carbonyl (C=O) groups is 3. The van der Waals surface area contributed by atoms with Crippen LogP contribution in [0.15, 0.2) is 18.2 Å². The quantitative estimate of drug-likeness (QED) is 0.749. The summed E-state index contributed by atoms with van der Waals surface area (Å²) in [4.78, 5) is 38.1. The molecule has 0 radical (unpaired) electrons. The predicted octanol–water partition coefficient (Wildman–Crippen LogP) is 3.21.